The number of aryl methyl sites for hydroxylation is 2. The van der Waals surface area contributed by atoms with Crippen LogP contribution in [0.2, 0.25) is 0 Å². The van der Waals surface area contributed by atoms with Gasteiger partial charge in [0.15, 0.2) is 0 Å². The minimum absolute atomic E-state index is 0.205. The van der Waals surface area contributed by atoms with E-state index in [1.54, 1.807) is 13.8 Å². The van der Waals surface area contributed by atoms with Crippen molar-refractivity contribution in [1.29, 1.82) is 0 Å². The van der Waals surface area contributed by atoms with Crippen LogP contribution < -0.4 is 4.72 Å². The number of piperidine rings is 1. The Morgan fingerprint density at radius 2 is 1.76 bits per heavy atom. The first kappa shape index (κ1) is 16.4. The van der Waals surface area contributed by atoms with Gasteiger partial charge in [-0.3, -0.25) is 0 Å². The summed E-state index contributed by atoms with van der Waals surface area (Å²) in [5, 5.41) is 0. The lowest BCUT2D eigenvalue weighted by molar-refractivity contribution is 0.220. The maximum absolute atomic E-state index is 13.3. The van der Waals surface area contributed by atoms with Crippen LogP contribution in [0.4, 0.5) is 4.39 Å². The summed E-state index contributed by atoms with van der Waals surface area (Å²) in [7, 11) is -1.51. The van der Waals surface area contributed by atoms with Crippen molar-refractivity contribution in [2.24, 2.45) is 5.92 Å². The summed E-state index contributed by atoms with van der Waals surface area (Å²) in [6.45, 7) is 5.70. The van der Waals surface area contributed by atoms with Gasteiger partial charge >= 0.3 is 0 Å². The second-order valence-electron chi connectivity index (χ2n) is 5.97. The molecule has 0 unspecified atom stereocenters. The molecule has 0 atom stereocenters. The van der Waals surface area contributed by atoms with E-state index < -0.39 is 15.8 Å². The molecule has 2 rings (SSSR count). The Kier molecular flexibility index (Phi) is 5.01. The van der Waals surface area contributed by atoms with Crippen LogP contribution in [0.1, 0.15) is 24.0 Å². The minimum Gasteiger partial charge on any atom is -0.306 e. The molecule has 0 saturated carbocycles. The van der Waals surface area contributed by atoms with Crippen LogP contribution in [-0.4, -0.2) is 40.0 Å². The second-order valence-corrected chi connectivity index (χ2v) is 7.67. The molecule has 1 aromatic rings. The van der Waals surface area contributed by atoms with E-state index >= 15 is 0 Å². The lowest BCUT2D eigenvalue weighted by atomic mass is 9.98. The molecule has 1 aliphatic heterocycles. The van der Waals surface area contributed by atoms with Gasteiger partial charge in [0.05, 0.1) is 4.90 Å². The molecule has 1 fully saturated rings. The summed E-state index contributed by atoms with van der Waals surface area (Å²) >= 11 is 0. The fraction of sp³-hybridized carbons (Fsp3) is 0.600. The third-order valence-electron chi connectivity index (χ3n) is 4.09. The van der Waals surface area contributed by atoms with E-state index in [1.807, 2.05) is 0 Å². The molecule has 1 N–H and O–H groups in total. The smallest absolute Gasteiger partial charge is 0.241 e. The summed E-state index contributed by atoms with van der Waals surface area (Å²) in [6, 6.07) is 2.52. The molecule has 0 bridgehead atoms. The van der Waals surface area contributed by atoms with Crippen LogP contribution in [0, 0.1) is 25.6 Å². The van der Waals surface area contributed by atoms with Crippen molar-refractivity contribution < 1.29 is 12.8 Å². The van der Waals surface area contributed by atoms with Crippen LogP contribution in [-0.2, 0) is 10.0 Å². The van der Waals surface area contributed by atoms with E-state index in [0.29, 0.717) is 23.6 Å². The van der Waals surface area contributed by atoms with Gasteiger partial charge in [-0.1, -0.05) is 0 Å². The zero-order valence-electron chi connectivity index (χ0n) is 12.8. The topological polar surface area (TPSA) is 49.4 Å². The third-order valence-corrected chi connectivity index (χ3v) is 5.82. The molecule has 1 aliphatic rings. The van der Waals surface area contributed by atoms with Gasteiger partial charge in [0, 0.05) is 6.54 Å². The standard InChI is InChI=1S/C15H23FN2O2S/c1-11-8-14(16)9-12(2)15(11)21(19,20)17-10-13-4-6-18(3)7-5-13/h8-9,13,17H,4-7,10H2,1-3H3. The molecular weight excluding hydrogens is 291 g/mol. The first-order chi connectivity index (χ1) is 9.79. The average molecular weight is 314 g/mol. The molecule has 1 saturated heterocycles. The number of sulfonamides is 1. The molecule has 0 aromatic heterocycles. The van der Waals surface area contributed by atoms with Crippen molar-refractivity contribution >= 4 is 10.0 Å². The average Bonchev–Trinajstić information content (AvgIpc) is 2.36. The largest absolute Gasteiger partial charge is 0.306 e. The highest BCUT2D eigenvalue weighted by atomic mass is 32.2. The van der Waals surface area contributed by atoms with E-state index in [0.717, 1.165) is 25.9 Å². The van der Waals surface area contributed by atoms with Gasteiger partial charge < -0.3 is 4.90 Å². The molecule has 6 heteroatoms. The van der Waals surface area contributed by atoms with E-state index in [4.69, 9.17) is 0 Å². The highest BCUT2D eigenvalue weighted by molar-refractivity contribution is 7.89. The maximum atomic E-state index is 13.3. The highest BCUT2D eigenvalue weighted by Crippen LogP contribution is 2.22. The predicted molar refractivity (Wildman–Crippen MR) is 81.3 cm³/mol. The van der Waals surface area contributed by atoms with Gasteiger partial charge in [-0.25, -0.2) is 17.5 Å². The molecule has 1 aromatic carbocycles. The van der Waals surface area contributed by atoms with Gasteiger partial charge in [0.25, 0.3) is 0 Å². The van der Waals surface area contributed by atoms with Gasteiger partial charge in [-0.05, 0) is 76.0 Å². The number of hydrogen-bond acceptors (Lipinski definition) is 3. The molecule has 118 valence electrons. The molecule has 21 heavy (non-hydrogen) atoms. The number of likely N-dealkylation sites (tertiary alicyclic amines) is 1. The monoisotopic (exact) mass is 314 g/mol. The van der Waals surface area contributed by atoms with Crippen molar-refractivity contribution in [3.8, 4) is 0 Å². The van der Waals surface area contributed by atoms with Crippen molar-refractivity contribution in [3.05, 3.63) is 29.1 Å². The van der Waals surface area contributed by atoms with Crippen molar-refractivity contribution in [2.45, 2.75) is 31.6 Å². The van der Waals surface area contributed by atoms with Crippen LogP contribution in [0.25, 0.3) is 0 Å². The molecule has 1 heterocycles. The van der Waals surface area contributed by atoms with Crippen molar-refractivity contribution in [3.63, 3.8) is 0 Å². The third kappa shape index (κ3) is 4.02. The predicted octanol–water partition coefficient (Wildman–Crippen LogP) is 2.06. The Balaban J connectivity index is 2.09. The fourth-order valence-corrected chi connectivity index (χ4v) is 4.45. The number of rotatable bonds is 4. The number of hydrogen-bond donors (Lipinski definition) is 1. The quantitative estimate of drug-likeness (QED) is 0.925. The van der Waals surface area contributed by atoms with Crippen LogP contribution in [0.5, 0.6) is 0 Å². The second kappa shape index (κ2) is 6.42. The zero-order chi connectivity index (χ0) is 15.6. The van der Waals surface area contributed by atoms with E-state index in [1.165, 1.54) is 12.1 Å². The summed E-state index contributed by atoms with van der Waals surface area (Å²) in [5.74, 6) is -0.0312. The van der Waals surface area contributed by atoms with Gasteiger partial charge in [-0.2, -0.15) is 0 Å². The van der Waals surface area contributed by atoms with Crippen molar-refractivity contribution in [2.75, 3.05) is 26.7 Å². The molecule has 0 spiro atoms. The SMILES string of the molecule is Cc1cc(F)cc(C)c1S(=O)(=O)NCC1CCN(C)CC1. The van der Waals surface area contributed by atoms with E-state index in [-0.39, 0.29) is 4.90 Å². The molecule has 0 amide bonds. The minimum atomic E-state index is -3.58. The number of nitrogens with zero attached hydrogens (tertiary/aromatic N) is 1. The Morgan fingerprint density at radius 3 is 2.29 bits per heavy atom. The number of benzene rings is 1. The van der Waals surface area contributed by atoms with E-state index in [2.05, 4.69) is 16.7 Å². The number of nitrogens with one attached hydrogen (secondary N) is 1. The Labute approximate surface area is 126 Å². The lowest BCUT2D eigenvalue weighted by Crippen LogP contribution is -2.37. The molecule has 0 radical (unpaired) electrons. The first-order valence-electron chi connectivity index (χ1n) is 7.24. The summed E-state index contributed by atoms with van der Waals surface area (Å²) < 4.78 is 40.9. The van der Waals surface area contributed by atoms with Crippen molar-refractivity contribution in [1.82, 2.24) is 9.62 Å². The van der Waals surface area contributed by atoms with Gasteiger partial charge in [-0.15, -0.1) is 0 Å². The Hall–Kier alpha value is -0.980. The van der Waals surface area contributed by atoms with E-state index in [9.17, 15) is 12.8 Å². The first-order valence-corrected chi connectivity index (χ1v) is 8.73. The highest BCUT2D eigenvalue weighted by Gasteiger charge is 2.23. The van der Waals surface area contributed by atoms with Crippen LogP contribution in [0.3, 0.4) is 0 Å². The van der Waals surface area contributed by atoms with Crippen LogP contribution >= 0.6 is 0 Å². The van der Waals surface area contributed by atoms with Crippen LogP contribution in [0.15, 0.2) is 17.0 Å². The normalized spacial score (nSPS) is 18.1. The molecule has 4 nitrogen and oxygen atoms in total. The maximum Gasteiger partial charge on any atom is 0.241 e. The summed E-state index contributed by atoms with van der Waals surface area (Å²) in [4.78, 5) is 2.45. The number of halogens is 1. The Bertz CT molecular complexity index is 585. The van der Waals surface area contributed by atoms with Gasteiger partial charge in [0.1, 0.15) is 5.82 Å². The molecule has 0 aliphatic carbocycles. The fourth-order valence-electron chi connectivity index (χ4n) is 2.89. The molecular formula is C15H23FN2O2S. The Morgan fingerprint density at radius 1 is 1.24 bits per heavy atom. The summed E-state index contributed by atoms with van der Waals surface area (Å²) in [5.41, 5.74) is 0.895. The van der Waals surface area contributed by atoms with Gasteiger partial charge in [0.2, 0.25) is 10.0 Å². The zero-order valence-corrected chi connectivity index (χ0v) is 13.6. The lowest BCUT2D eigenvalue weighted by Gasteiger charge is -2.29. The summed E-state index contributed by atoms with van der Waals surface area (Å²) in [6.07, 6.45) is 2.00.